The molecule has 1 saturated carbocycles. The Hall–Kier alpha value is -0.690. The van der Waals surface area contributed by atoms with E-state index in [2.05, 4.69) is 0 Å². The molecule has 0 saturated heterocycles. The molecule has 0 aromatic heterocycles. The molecule has 1 aliphatic carbocycles. The molecule has 2 heteroatoms. The van der Waals surface area contributed by atoms with Gasteiger partial charge in [0.2, 0.25) is 0 Å². The van der Waals surface area contributed by atoms with E-state index in [9.17, 15) is 0 Å². The van der Waals surface area contributed by atoms with E-state index in [1.807, 2.05) is 24.3 Å². The summed E-state index contributed by atoms with van der Waals surface area (Å²) >= 11 is 5.87. The van der Waals surface area contributed by atoms with Gasteiger partial charge in [-0.15, -0.1) is 0 Å². The monoisotopic (exact) mass is 168 g/mol. The van der Waals surface area contributed by atoms with Crippen molar-refractivity contribution in [2.45, 2.75) is 18.9 Å². The van der Waals surface area contributed by atoms with Crippen molar-refractivity contribution in [3.8, 4) is 5.75 Å². The summed E-state index contributed by atoms with van der Waals surface area (Å²) in [5, 5.41) is 0.708. The normalized spacial score (nSPS) is 16.5. The first kappa shape index (κ1) is 6.99. The number of ether oxygens (including phenoxy) is 1. The molecule has 1 aromatic rings. The Balaban J connectivity index is 2.15. The second-order valence-corrected chi connectivity index (χ2v) is 3.15. The highest BCUT2D eigenvalue weighted by molar-refractivity contribution is 6.32. The topological polar surface area (TPSA) is 9.23 Å². The van der Waals surface area contributed by atoms with Crippen molar-refractivity contribution in [2.24, 2.45) is 0 Å². The van der Waals surface area contributed by atoms with Gasteiger partial charge in [0.25, 0.3) is 0 Å². The predicted octanol–water partition coefficient (Wildman–Crippen LogP) is 2.88. The van der Waals surface area contributed by atoms with Crippen molar-refractivity contribution in [1.29, 1.82) is 0 Å². The molecule has 0 spiro atoms. The zero-order chi connectivity index (χ0) is 7.68. The summed E-state index contributed by atoms with van der Waals surface area (Å²) in [7, 11) is 0. The number of hydrogen-bond acceptors (Lipinski definition) is 1. The Morgan fingerprint density at radius 3 is 2.64 bits per heavy atom. The number of benzene rings is 1. The van der Waals surface area contributed by atoms with Crippen LogP contribution in [0.4, 0.5) is 0 Å². The van der Waals surface area contributed by atoms with E-state index in [0.717, 1.165) is 5.75 Å². The van der Waals surface area contributed by atoms with Crippen LogP contribution in [0, 0.1) is 0 Å². The lowest BCUT2D eigenvalue weighted by molar-refractivity contribution is 0.303. The van der Waals surface area contributed by atoms with Crippen LogP contribution in [0.1, 0.15) is 12.8 Å². The van der Waals surface area contributed by atoms with Crippen LogP contribution in [-0.2, 0) is 0 Å². The first-order valence-electron chi connectivity index (χ1n) is 3.77. The van der Waals surface area contributed by atoms with E-state index in [1.54, 1.807) is 0 Å². The van der Waals surface area contributed by atoms with Gasteiger partial charge in [0, 0.05) is 0 Å². The fourth-order valence-corrected chi connectivity index (χ4v) is 1.09. The molecule has 58 valence electrons. The minimum Gasteiger partial charge on any atom is -0.489 e. The van der Waals surface area contributed by atoms with Crippen LogP contribution in [0.5, 0.6) is 5.75 Å². The van der Waals surface area contributed by atoms with E-state index in [-0.39, 0.29) is 0 Å². The molecular weight excluding hydrogens is 160 g/mol. The Labute approximate surface area is 70.9 Å². The molecule has 0 radical (unpaired) electrons. The fraction of sp³-hybridized carbons (Fsp3) is 0.333. The van der Waals surface area contributed by atoms with E-state index in [4.69, 9.17) is 16.3 Å². The minimum atomic E-state index is 0.426. The number of halogens is 1. The second-order valence-electron chi connectivity index (χ2n) is 2.75. The second kappa shape index (κ2) is 2.74. The average molecular weight is 169 g/mol. The van der Waals surface area contributed by atoms with Crippen molar-refractivity contribution in [3.05, 3.63) is 29.3 Å². The van der Waals surface area contributed by atoms with E-state index in [1.165, 1.54) is 12.8 Å². The molecule has 2 rings (SSSR count). The summed E-state index contributed by atoms with van der Waals surface area (Å²) in [5.41, 5.74) is 0. The zero-order valence-electron chi connectivity index (χ0n) is 6.09. The molecule has 0 atom stereocenters. The summed E-state index contributed by atoms with van der Waals surface area (Å²) in [6.07, 6.45) is 2.77. The molecule has 0 heterocycles. The quantitative estimate of drug-likeness (QED) is 0.660. The van der Waals surface area contributed by atoms with Crippen LogP contribution < -0.4 is 4.74 Å². The van der Waals surface area contributed by atoms with Gasteiger partial charge in [-0.3, -0.25) is 0 Å². The molecule has 0 N–H and O–H groups in total. The molecule has 1 fully saturated rings. The fourth-order valence-electron chi connectivity index (χ4n) is 0.906. The van der Waals surface area contributed by atoms with Crippen molar-refractivity contribution in [1.82, 2.24) is 0 Å². The molecule has 1 nitrogen and oxygen atoms in total. The molecule has 11 heavy (non-hydrogen) atoms. The standard InChI is InChI=1S/C9H9ClO/c10-8-3-1-2-4-9(8)11-7-5-6-7/h1-4,7H,5-6H2. The summed E-state index contributed by atoms with van der Waals surface area (Å²) < 4.78 is 5.52. The van der Waals surface area contributed by atoms with Crippen LogP contribution >= 0.6 is 11.6 Å². The van der Waals surface area contributed by atoms with Crippen LogP contribution in [0.3, 0.4) is 0 Å². The van der Waals surface area contributed by atoms with Gasteiger partial charge >= 0.3 is 0 Å². The SMILES string of the molecule is Clc1ccccc1OC1CC1. The average Bonchev–Trinajstić information content (AvgIpc) is 2.78. The van der Waals surface area contributed by atoms with Gasteiger partial charge in [-0.05, 0) is 25.0 Å². The van der Waals surface area contributed by atoms with E-state index in [0.29, 0.717) is 11.1 Å². The summed E-state index contributed by atoms with van der Waals surface area (Å²) in [6, 6.07) is 7.59. The van der Waals surface area contributed by atoms with Crippen molar-refractivity contribution < 1.29 is 4.74 Å². The first-order valence-corrected chi connectivity index (χ1v) is 4.15. The van der Waals surface area contributed by atoms with Gasteiger partial charge in [0.05, 0.1) is 11.1 Å². The van der Waals surface area contributed by atoms with Crippen molar-refractivity contribution in [2.75, 3.05) is 0 Å². The van der Waals surface area contributed by atoms with Crippen LogP contribution in [0.25, 0.3) is 0 Å². The number of para-hydroxylation sites is 1. The summed E-state index contributed by atoms with van der Waals surface area (Å²) in [6.45, 7) is 0. The largest absolute Gasteiger partial charge is 0.489 e. The Morgan fingerprint density at radius 2 is 2.00 bits per heavy atom. The minimum absolute atomic E-state index is 0.426. The first-order chi connectivity index (χ1) is 5.36. The van der Waals surface area contributed by atoms with Gasteiger partial charge in [0.1, 0.15) is 5.75 Å². The Morgan fingerprint density at radius 1 is 1.27 bits per heavy atom. The van der Waals surface area contributed by atoms with Gasteiger partial charge in [-0.2, -0.15) is 0 Å². The van der Waals surface area contributed by atoms with Crippen molar-refractivity contribution >= 4 is 11.6 Å². The summed E-state index contributed by atoms with van der Waals surface area (Å²) in [4.78, 5) is 0. The zero-order valence-corrected chi connectivity index (χ0v) is 6.84. The molecular formula is C9H9ClO. The van der Waals surface area contributed by atoms with Gasteiger partial charge in [-0.25, -0.2) is 0 Å². The maximum atomic E-state index is 5.87. The number of hydrogen-bond donors (Lipinski definition) is 0. The molecule has 1 aliphatic rings. The third kappa shape index (κ3) is 1.66. The molecule has 1 aromatic carbocycles. The highest BCUT2D eigenvalue weighted by Crippen LogP contribution is 2.31. The van der Waals surface area contributed by atoms with Gasteiger partial charge in [-0.1, -0.05) is 23.7 Å². The number of rotatable bonds is 2. The predicted molar refractivity (Wildman–Crippen MR) is 45.1 cm³/mol. The Bertz CT molecular complexity index is 255. The lowest BCUT2D eigenvalue weighted by Gasteiger charge is -2.04. The third-order valence-corrected chi connectivity index (χ3v) is 1.97. The molecule has 0 aliphatic heterocycles. The molecule has 0 unspecified atom stereocenters. The van der Waals surface area contributed by atoms with Crippen LogP contribution in [0.2, 0.25) is 5.02 Å². The van der Waals surface area contributed by atoms with Gasteiger partial charge in [0.15, 0.2) is 0 Å². The van der Waals surface area contributed by atoms with Gasteiger partial charge < -0.3 is 4.74 Å². The van der Waals surface area contributed by atoms with Crippen LogP contribution in [0.15, 0.2) is 24.3 Å². The summed E-state index contributed by atoms with van der Waals surface area (Å²) in [5.74, 6) is 0.816. The maximum absolute atomic E-state index is 5.87. The molecule has 0 bridgehead atoms. The highest BCUT2D eigenvalue weighted by atomic mass is 35.5. The van der Waals surface area contributed by atoms with Crippen LogP contribution in [-0.4, -0.2) is 6.10 Å². The Kier molecular flexibility index (Phi) is 1.74. The molecule has 0 amide bonds. The lowest BCUT2D eigenvalue weighted by atomic mass is 10.3. The van der Waals surface area contributed by atoms with E-state index < -0.39 is 0 Å². The highest BCUT2D eigenvalue weighted by Gasteiger charge is 2.23. The van der Waals surface area contributed by atoms with E-state index >= 15 is 0 Å². The van der Waals surface area contributed by atoms with Crippen molar-refractivity contribution in [3.63, 3.8) is 0 Å². The lowest BCUT2D eigenvalue weighted by Crippen LogP contribution is -1.95. The third-order valence-electron chi connectivity index (χ3n) is 1.65. The maximum Gasteiger partial charge on any atom is 0.138 e. The smallest absolute Gasteiger partial charge is 0.138 e.